The maximum Gasteiger partial charge on any atom is 0.235 e. The van der Waals surface area contributed by atoms with Crippen LogP contribution in [0.15, 0.2) is 58.1 Å². The van der Waals surface area contributed by atoms with Crippen LogP contribution in [0, 0.1) is 13.8 Å². The summed E-state index contributed by atoms with van der Waals surface area (Å²) in [7, 11) is 0. The summed E-state index contributed by atoms with van der Waals surface area (Å²) < 4.78 is 11.1. The number of aliphatic hydroxyl groups is 1. The summed E-state index contributed by atoms with van der Waals surface area (Å²) >= 11 is 0. The molecule has 1 saturated carbocycles. The van der Waals surface area contributed by atoms with Crippen molar-refractivity contribution in [2.45, 2.75) is 38.2 Å². The fourth-order valence-corrected chi connectivity index (χ4v) is 4.38. The lowest BCUT2D eigenvalue weighted by Gasteiger charge is -2.26. The second-order valence-corrected chi connectivity index (χ2v) is 8.30. The van der Waals surface area contributed by atoms with Crippen LogP contribution in [-0.4, -0.2) is 30.2 Å². The molecule has 0 bridgehead atoms. The van der Waals surface area contributed by atoms with Gasteiger partial charge in [-0.2, -0.15) is 0 Å². The number of nitrogens with zero attached hydrogens (tertiary/aromatic N) is 4. The van der Waals surface area contributed by atoms with Crippen LogP contribution in [0.2, 0.25) is 0 Å². The Hall–Kier alpha value is -3.78. The van der Waals surface area contributed by atoms with Crippen molar-refractivity contribution in [1.82, 2.24) is 25.1 Å². The number of aromatic amines is 1. The number of H-pyrrole nitrogens is 1. The number of imidazole rings is 1. The summed E-state index contributed by atoms with van der Waals surface area (Å²) in [5.74, 6) is 2.21. The standard InChI is InChI=1S/C24H21N5O3/c1-13-20(14(2)32-29-13)16-10-18(21-19(11-16)27-22(28-21)15-5-6-15)24(30,23-26-8-9-31-23)17-4-3-7-25-12-17/h3-4,7-12,15,30H,5-6H2,1-2H3,(H,27,28). The molecule has 8 nitrogen and oxygen atoms in total. The Morgan fingerprint density at radius 1 is 1.19 bits per heavy atom. The zero-order valence-electron chi connectivity index (χ0n) is 17.7. The van der Waals surface area contributed by atoms with Crippen LogP contribution in [-0.2, 0) is 5.60 Å². The summed E-state index contributed by atoms with van der Waals surface area (Å²) in [6.45, 7) is 3.78. The first-order chi connectivity index (χ1) is 15.6. The molecule has 1 aromatic carbocycles. The first kappa shape index (κ1) is 18.9. The van der Waals surface area contributed by atoms with Gasteiger partial charge in [0.25, 0.3) is 0 Å². The van der Waals surface area contributed by atoms with Crippen LogP contribution in [0.4, 0.5) is 0 Å². The largest absolute Gasteiger partial charge is 0.445 e. The SMILES string of the molecule is Cc1noc(C)c1-c1cc(C(O)(c2cccnc2)c2ncco2)c2nc(C3CC3)[nH]c2c1. The Morgan fingerprint density at radius 3 is 2.72 bits per heavy atom. The van der Waals surface area contributed by atoms with E-state index in [0.29, 0.717) is 28.3 Å². The number of oxazole rings is 1. The maximum atomic E-state index is 12.2. The minimum Gasteiger partial charge on any atom is -0.445 e. The van der Waals surface area contributed by atoms with E-state index in [9.17, 15) is 5.11 Å². The van der Waals surface area contributed by atoms with Gasteiger partial charge in [-0.15, -0.1) is 0 Å². The lowest BCUT2D eigenvalue weighted by Crippen LogP contribution is -2.30. The molecule has 0 aliphatic heterocycles. The van der Waals surface area contributed by atoms with Gasteiger partial charge in [-0.3, -0.25) is 4.98 Å². The van der Waals surface area contributed by atoms with E-state index in [1.807, 2.05) is 26.0 Å². The zero-order valence-corrected chi connectivity index (χ0v) is 17.7. The van der Waals surface area contributed by atoms with Gasteiger partial charge in [0.2, 0.25) is 5.89 Å². The summed E-state index contributed by atoms with van der Waals surface area (Å²) in [4.78, 5) is 16.9. The molecule has 4 heterocycles. The molecule has 0 saturated heterocycles. The van der Waals surface area contributed by atoms with Crippen LogP contribution < -0.4 is 0 Å². The van der Waals surface area contributed by atoms with Crippen LogP contribution in [0.1, 0.15) is 53.1 Å². The number of pyridine rings is 1. The minimum atomic E-state index is -1.69. The van der Waals surface area contributed by atoms with E-state index in [-0.39, 0.29) is 5.89 Å². The first-order valence-electron chi connectivity index (χ1n) is 10.6. The van der Waals surface area contributed by atoms with Gasteiger partial charge in [0, 0.05) is 35.0 Å². The summed E-state index contributed by atoms with van der Waals surface area (Å²) in [5.41, 5.74) is 3.43. The highest BCUT2D eigenvalue weighted by molar-refractivity contribution is 5.88. The van der Waals surface area contributed by atoms with Crippen molar-refractivity contribution in [3.05, 3.63) is 83.4 Å². The van der Waals surface area contributed by atoms with E-state index < -0.39 is 5.60 Å². The van der Waals surface area contributed by atoms with Gasteiger partial charge < -0.3 is 19.0 Å². The van der Waals surface area contributed by atoms with E-state index in [1.54, 1.807) is 24.5 Å². The number of rotatable bonds is 5. The summed E-state index contributed by atoms with van der Waals surface area (Å²) in [6, 6.07) is 7.53. The third-order valence-corrected chi connectivity index (χ3v) is 6.10. The fourth-order valence-electron chi connectivity index (χ4n) is 4.38. The fraction of sp³-hybridized carbons (Fsp3) is 0.250. The van der Waals surface area contributed by atoms with Crippen molar-refractivity contribution >= 4 is 11.0 Å². The van der Waals surface area contributed by atoms with E-state index in [0.717, 1.165) is 41.0 Å². The monoisotopic (exact) mass is 427 g/mol. The Kier molecular flexibility index (Phi) is 4.06. The Morgan fingerprint density at radius 2 is 2.06 bits per heavy atom. The molecule has 1 fully saturated rings. The lowest BCUT2D eigenvalue weighted by atomic mass is 9.84. The topological polar surface area (TPSA) is 114 Å². The average Bonchev–Trinajstić information content (AvgIpc) is 3.19. The van der Waals surface area contributed by atoms with Crippen LogP contribution >= 0.6 is 0 Å². The molecule has 0 radical (unpaired) electrons. The highest BCUT2D eigenvalue weighted by atomic mass is 16.5. The van der Waals surface area contributed by atoms with Crippen LogP contribution in [0.5, 0.6) is 0 Å². The van der Waals surface area contributed by atoms with Gasteiger partial charge >= 0.3 is 0 Å². The molecule has 1 atom stereocenters. The van der Waals surface area contributed by atoms with Gasteiger partial charge in [0.05, 0.1) is 22.9 Å². The highest BCUT2D eigenvalue weighted by Gasteiger charge is 2.42. The molecule has 160 valence electrons. The van der Waals surface area contributed by atoms with Gasteiger partial charge in [0.1, 0.15) is 17.8 Å². The molecule has 1 aliphatic rings. The summed E-state index contributed by atoms with van der Waals surface area (Å²) in [5, 5.41) is 16.4. The van der Waals surface area contributed by atoms with E-state index >= 15 is 0 Å². The van der Waals surface area contributed by atoms with Gasteiger partial charge in [-0.05, 0) is 50.5 Å². The van der Waals surface area contributed by atoms with Gasteiger partial charge in [-0.25, -0.2) is 9.97 Å². The van der Waals surface area contributed by atoms with Crippen molar-refractivity contribution in [2.24, 2.45) is 0 Å². The number of hydrogen-bond donors (Lipinski definition) is 2. The number of benzene rings is 1. The second kappa shape index (κ2) is 6.86. The molecule has 4 aromatic heterocycles. The van der Waals surface area contributed by atoms with Gasteiger partial charge in [0.15, 0.2) is 5.60 Å². The normalized spacial score (nSPS) is 15.8. The van der Waals surface area contributed by atoms with Crippen LogP contribution in [0.25, 0.3) is 22.2 Å². The van der Waals surface area contributed by atoms with Crippen molar-refractivity contribution in [1.29, 1.82) is 0 Å². The van der Waals surface area contributed by atoms with Crippen molar-refractivity contribution in [2.75, 3.05) is 0 Å². The highest BCUT2D eigenvalue weighted by Crippen LogP contribution is 2.44. The minimum absolute atomic E-state index is 0.152. The first-order valence-corrected chi connectivity index (χ1v) is 10.6. The number of fused-ring (bicyclic) bond motifs is 1. The van der Waals surface area contributed by atoms with E-state index in [2.05, 4.69) is 20.1 Å². The van der Waals surface area contributed by atoms with Crippen LogP contribution in [0.3, 0.4) is 0 Å². The maximum absolute atomic E-state index is 12.2. The quantitative estimate of drug-likeness (QED) is 0.428. The molecule has 8 heteroatoms. The van der Waals surface area contributed by atoms with Crippen molar-refractivity contribution < 1.29 is 14.0 Å². The second-order valence-electron chi connectivity index (χ2n) is 8.30. The number of aromatic nitrogens is 5. The molecule has 6 rings (SSSR count). The Labute approximate surface area is 183 Å². The molecule has 32 heavy (non-hydrogen) atoms. The van der Waals surface area contributed by atoms with E-state index in [4.69, 9.17) is 13.9 Å². The molecule has 1 aliphatic carbocycles. The molecule has 0 spiro atoms. The average molecular weight is 427 g/mol. The lowest BCUT2D eigenvalue weighted by molar-refractivity contribution is 0.0938. The Bertz CT molecular complexity index is 1400. The third-order valence-electron chi connectivity index (χ3n) is 6.10. The number of aryl methyl sites for hydroxylation is 2. The van der Waals surface area contributed by atoms with Crippen molar-refractivity contribution in [3.63, 3.8) is 0 Å². The molecule has 2 N–H and O–H groups in total. The molecular formula is C24H21N5O3. The molecule has 0 amide bonds. The predicted octanol–water partition coefficient (Wildman–Crippen LogP) is 4.38. The number of hydrogen-bond acceptors (Lipinski definition) is 7. The smallest absolute Gasteiger partial charge is 0.235 e. The molecule has 1 unspecified atom stereocenters. The van der Waals surface area contributed by atoms with Gasteiger partial charge in [-0.1, -0.05) is 11.2 Å². The molecule has 5 aromatic rings. The summed E-state index contributed by atoms with van der Waals surface area (Å²) in [6.07, 6.45) is 8.47. The zero-order chi connectivity index (χ0) is 21.9. The van der Waals surface area contributed by atoms with Crippen molar-refractivity contribution in [3.8, 4) is 11.1 Å². The Balaban J connectivity index is 1.69. The number of nitrogens with one attached hydrogen (secondary N) is 1. The predicted molar refractivity (Wildman–Crippen MR) is 116 cm³/mol. The third kappa shape index (κ3) is 2.80. The van der Waals surface area contributed by atoms with E-state index in [1.165, 1.54) is 12.5 Å². The molecular weight excluding hydrogens is 406 g/mol.